The summed E-state index contributed by atoms with van der Waals surface area (Å²) in [5, 5.41) is 27.1. The molecule has 88 valence electrons. The minimum Gasteiger partial charge on any atom is -0.479 e. The first kappa shape index (κ1) is 9.94. The molecule has 2 N–H and O–H groups in total. The average molecular weight is 234 g/mol. The second kappa shape index (κ2) is 3.37. The van der Waals surface area contributed by atoms with Gasteiger partial charge in [0.15, 0.2) is 5.54 Å². The summed E-state index contributed by atoms with van der Waals surface area (Å²) >= 11 is 0. The molecule has 17 heavy (non-hydrogen) atoms. The van der Waals surface area contributed by atoms with Crippen LogP contribution in [0.1, 0.15) is 19.3 Å². The standard InChI is InChI=1S/C9H10N6O2/c16-8(17)9(3-1-4-9)15-7(12-13-14-15)6-2-5-10-11-6/h2,5H,1,3-4H2,(H,10,11)(H,16,17). The van der Waals surface area contributed by atoms with Crippen molar-refractivity contribution in [2.45, 2.75) is 24.8 Å². The molecule has 1 aliphatic rings. The molecule has 1 saturated carbocycles. The molecule has 8 heteroatoms. The molecule has 0 radical (unpaired) electrons. The molecular weight excluding hydrogens is 224 g/mol. The lowest BCUT2D eigenvalue weighted by Crippen LogP contribution is -2.48. The van der Waals surface area contributed by atoms with E-state index in [-0.39, 0.29) is 0 Å². The van der Waals surface area contributed by atoms with Gasteiger partial charge in [-0.15, -0.1) is 5.10 Å². The number of nitrogens with one attached hydrogen (secondary N) is 1. The normalized spacial score (nSPS) is 17.6. The molecule has 0 unspecified atom stereocenters. The number of aliphatic carboxylic acids is 1. The fraction of sp³-hybridized carbons (Fsp3) is 0.444. The summed E-state index contributed by atoms with van der Waals surface area (Å²) in [7, 11) is 0. The van der Waals surface area contributed by atoms with Crippen molar-refractivity contribution in [3.8, 4) is 11.5 Å². The third kappa shape index (κ3) is 1.26. The summed E-state index contributed by atoms with van der Waals surface area (Å²) in [5.74, 6) is -0.485. The number of rotatable bonds is 3. The molecule has 0 bridgehead atoms. The minimum absolute atomic E-state index is 0.407. The molecule has 1 aliphatic carbocycles. The van der Waals surface area contributed by atoms with Crippen LogP contribution in [0.25, 0.3) is 11.5 Å². The molecule has 0 aromatic carbocycles. The van der Waals surface area contributed by atoms with Crippen LogP contribution in [0.3, 0.4) is 0 Å². The van der Waals surface area contributed by atoms with Gasteiger partial charge < -0.3 is 5.11 Å². The molecule has 0 spiro atoms. The SMILES string of the molecule is O=C(O)C1(n2nnnc2-c2ccn[nH]2)CCC1. The zero-order valence-electron chi connectivity index (χ0n) is 8.87. The highest BCUT2D eigenvalue weighted by atomic mass is 16.4. The van der Waals surface area contributed by atoms with Gasteiger partial charge in [-0.25, -0.2) is 9.48 Å². The maximum atomic E-state index is 11.4. The van der Waals surface area contributed by atoms with Gasteiger partial charge in [0.2, 0.25) is 5.82 Å². The Morgan fingerprint density at radius 2 is 2.35 bits per heavy atom. The monoisotopic (exact) mass is 234 g/mol. The minimum atomic E-state index is -0.996. The smallest absolute Gasteiger partial charge is 0.331 e. The van der Waals surface area contributed by atoms with E-state index in [2.05, 4.69) is 25.7 Å². The van der Waals surface area contributed by atoms with Crippen LogP contribution in [0.4, 0.5) is 0 Å². The highest BCUT2D eigenvalue weighted by Crippen LogP contribution is 2.40. The van der Waals surface area contributed by atoms with Gasteiger partial charge in [0.05, 0.1) is 0 Å². The largest absolute Gasteiger partial charge is 0.479 e. The van der Waals surface area contributed by atoms with Gasteiger partial charge in [0.25, 0.3) is 0 Å². The van der Waals surface area contributed by atoms with Crippen LogP contribution < -0.4 is 0 Å². The number of carbonyl (C=O) groups is 1. The molecule has 0 saturated heterocycles. The van der Waals surface area contributed by atoms with Gasteiger partial charge in [-0.1, -0.05) is 0 Å². The number of hydrogen-bond acceptors (Lipinski definition) is 5. The third-order valence-electron chi connectivity index (χ3n) is 3.20. The van der Waals surface area contributed by atoms with Crippen molar-refractivity contribution in [3.05, 3.63) is 12.3 Å². The summed E-state index contributed by atoms with van der Waals surface area (Å²) in [6, 6.07) is 1.70. The lowest BCUT2D eigenvalue weighted by atomic mass is 9.77. The van der Waals surface area contributed by atoms with Crippen molar-refractivity contribution in [3.63, 3.8) is 0 Å². The zero-order chi connectivity index (χ0) is 11.9. The molecule has 0 atom stereocenters. The number of carboxylic acids is 1. The van der Waals surface area contributed by atoms with Crippen LogP contribution >= 0.6 is 0 Å². The molecule has 2 aromatic rings. The lowest BCUT2D eigenvalue weighted by Gasteiger charge is -2.37. The topological polar surface area (TPSA) is 110 Å². The van der Waals surface area contributed by atoms with Gasteiger partial charge in [0, 0.05) is 6.20 Å². The Bertz CT molecular complexity index is 542. The second-order valence-corrected chi connectivity index (χ2v) is 4.07. The first-order valence-corrected chi connectivity index (χ1v) is 5.26. The van der Waals surface area contributed by atoms with Crippen LogP contribution in [0.5, 0.6) is 0 Å². The van der Waals surface area contributed by atoms with Crippen molar-refractivity contribution < 1.29 is 9.90 Å². The molecule has 0 amide bonds. The number of carboxylic acid groups (broad SMARTS) is 1. The average Bonchev–Trinajstić information content (AvgIpc) is 2.82. The Balaban J connectivity index is 2.10. The molecule has 2 aromatic heterocycles. The van der Waals surface area contributed by atoms with Crippen LogP contribution in [0.2, 0.25) is 0 Å². The van der Waals surface area contributed by atoms with E-state index in [0.717, 1.165) is 6.42 Å². The van der Waals surface area contributed by atoms with E-state index in [1.54, 1.807) is 12.3 Å². The van der Waals surface area contributed by atoms with E-state index >= 15 is 0 Å². The van der Waals surface area contributed by atoms with E-state index in [1.807, 2.05) is 0 Å². The molecule has 2 heterocycles. The van der Waals surface area contributed by atoms with Gasteiger partial charge in [0.1, 0.15) is 5.69 Å². The first-order valence-electron chi connectivity index (χ1n) is 5.26. The number of hydrogen-bond donors (Lipinski definition) is 2. The molecule has 3 rings (SSSR count). The first-order chi connectivity index (χ1) is 8.24. The number of H-pyrrole nitrogens is 1. The van der Waals surface area contributed by atoms with Crippen molar-refractivity contribution in [1.82, 2.24) is 30.4 Å². The maximum Gasteiger partial charge on any atom is 0.331 e. The fourth-order valence-electron chi connectivity index (χ4n) is 2.05. The fourth-order valence-corrected chi connectivity index (χ4v) is 2.05. The summed E-state index contributed by atoms with van der Waals surface area (Å²) in [6.45, 7) is 0. The number of aromatic amines is 1. The second-order valence-electron chi connectivity index (χ2n) is 4.07. The quantitative estimate of drug-likeness (QED) is 0.775. The lowest BCUT2D eigenvalue weighted by molar-refractivity contribution is -0.153. The number of nitrogens with zero attached hydrogens (tertiary/aromatic N) is 5. The highest BCUT2D eigenvalue weighted by molar-refractivity contribution is 5.78. The highest BCUT2D eigenvalue weighted by Gasteiger charge is 2.49. The van der Waals surface area contributed by atoms with Gasteiger partial charge in [-0.2, -0.15) is 5.10 Å². The van der Waals surface area contributed by atoms with Crippen molar-refractivity contribution >= 4 is 5.97 Å². The Kier molecular flexibility index (Phi) is 1.97. The third-order valence-corrected chi connectivity index (χ3v) is 3.20. The van der Waals surface area contributed by atoms with Gasteiger partial charge in [-0.3, -0.25) is 5.10 Å². The maximum absolute atomic E-state index is 11.4. The van der Waals surface area contributed by atoms with E-state index in [0.29, 0.717) is 24.4 Å². The Labute approximate surface area is 95.6 Å². The van der Waals surface area contributed by atoms with E-state index < -0.39 is 11.5 Å². The molecule has 1 fully saturated rings. The molecule has 8 nitrogen and oxygen atoms in total. The predicted molar refractivity (Wildman–Crippen MR) is 54.9 cm³/mol. The summed E-state index contributed by atoms with van der Waals surface area (Å²) in [4.78, 5) is 11.4. The molecule has 0 aliphatic heterocycles. The van der Waals surface area contributed by atoms with Crippen LogP contribution in [-0.2, 0) is 10.3 Å². The van der Waals surface area contributed by atoms with Crippen LogP contribution in [0, 0.1) is 0 Å². The zero-order valence-corrected chi connectivity index (χ0v) is 8.87. The van der Waals surface area contributed by atoms with E-state index in [4.69, 9.17) is 0 Å². The summed E-state index contributed by atoms with van der Waals surface area (Å²) < 4.78 is 1.38. The van der Waals surface area contributed by atoms with E-state index in [9.17, 15) is 9.90 Å². The summed E-state index contributed by atoms with van der Waals surface area (Å²) in [6.07, 6.45) is 3.54. The summed E-state index contributed by atoms with van der Waals surface area (Å²) in [5.41, 5.74) is -0.383. The van der Waals surface area contributed by atoms with Crippen molar-refractivity contribution in [2.75, 3.05) is 0 Å². The van der Waals surface area contributed by atoms with Crippen LogP contribution in [0.15, 0.2) is 12.3 Å². The van der Waals surface area contributed by atoms with E-state index in [1.165, 1.54) is 4.68 Å². The molecular formula is C9H10N6O2. The predicted octanol–water partition coefficient (Wildman–Crippen LogP) is 0.0270. The van der Waals surface area contributed by atoms with Crippen molar-refractivity contribution in [2.24, 2.45) is 0 Å². The Hall–Kier alpha value is -2.25. The Morgan fingerprint density at radius 3 is 2.88 bits per heavy atom. The van der Waals surface area contributed by atoms with Gasteiger partial charge in [-0.05, 0) is 35.8 Å². The number of tetrazole rings is 1. The van der Waals surface area contributed by atoms with Crippen molar-refractivity contribution in [1.29, 1.82) is 0 Å². The number of aromatic nitrogens is 6. The van der Waals surface area contributed by atoms with Gasteiger partial charge >= 0.3 is 5.97 Å². The Morgan fingerprint density at radius 1 is 1.53 bits per heavy atom. The van der Waals surface area contributed by atoms with Crippen LogP contribution in [-0.4, -0.2) is 41.5 Å².